The Bertz CT molecular complexity index is 383. The summed E-state index contributed by atoms with van der Waals surface area (Å²) in [4.78, 5) is 5.61. The summed E-state index contributed by atoms with van der Waals surface area (Å²) in [6.07, 6.45) is 23.4. The van der Waals surface area contributed by atoms with Crippen LogP contribution in [0.3, 0.4) is 0 Å². The number of nitrogens with one attached hydrogen (secondary N) is 1. The molecule has 0 aliphatic heterocycles. The van der Waals surface area contributed by atoms with E-state index in [0.717, 1.165) is 42.7 Å². The van der Waals surface area contributed by atoms with Crippen LogP contribution in [-0.4, -0.2) is 13.2 Å². The van der Waals surface area contributed by atoms with E-state index in [2.05, 4.69) is 53.9 Å². The number of hydroxylamine groups is 1. The average molecular weight is 468 g/mol. The van der Waals surface area contributed by atoms with Crippen LogP contribution in [0.15, 0.2) is 0 Å². The number of rotatable bonds is 25. The van der Waals surface area contributed by atoms with Gasteiger partial charge >= 0.3 is 0 Å². The first kappa shape index (κ1) is 32.9. The summed E-state index contributed by atoms with van der Waals surface area (Å²) in [5.41, 5.74) is 3.19. The van der Waals surface area contributed by atoms with E-state index in [1.165, 1.54) is 109 Å². The molecule has 0 aliphatic carbocycles. The molecule has 2 nitrogen and oxygen atoms in total. The van der Waals surface area contributed by atoms with Gasteiger partial charge < -0.3 is 4.84 Å². The summed E-state index contributed by atoms with van der Waals surface area (Å²) in [5, 5.41) is 0. The molecule has 4 atom stereocenters. The molecule has 0 fully saturated rings. The molecular weight excluding hydrogens is 402 g/mol. The van der Waals surface area contributed by atoms with Crippen LogP contribution in [0.1, 0.15) is 158 Å². The van der Waals surface area contributed by atoms with Crippen LogP contribution >= 0.6 is 0 Å². The van der Waals surface area contributed by atoms with Crippen LogP contribution in [0, 0.1) is 29.6 Å². The quantitative estimate of drug-likeness (QED) is 0.106. The van der Waals surface area contributed by atoms with E-state index < -0.39 is 0 Å². The van der Waals surface area contributed by atoms with Crippen molar-refractivity contribution in [1.82, 2.24) is 5.48 Å². The second kappa shape index (κ2) is 23.7. The smallest absolute Gasteiger partial charge is 0.0682 e. The summed E-state index contributed by atoms with van der Waals surface area (Å²) in [6, 6.07) is 0. The van der Waals surface area contributed by atoms with Gasteiger partial charge in [0.15, 0.2) is 0 Å². The van der Waals surface area contributed by atoms with Gasteiger partial charge in [0.05, 0.1) is 6.61 Å². The van der Waals surface area contributed by atoms with Crippen LogP contribution in [0.25, 0.3) is 0 Å². The minimum Gasteiger partial charge on any atom is -0.302 e. The summed E-state index contributed by atoms with van der Waals surface area (Å²) in [5.74, 6) is 4.41. The van der Waals surface area contributed by atoms with Gasteiger partial charge in [-0.2, -0.15) is 0 Å². The molecule has 0 aromatic heterocycles. The predicted octanol–water partition coefficient (Wildman–Crippen LogP) is 10.4. The van der Waals surface area contributed by atoms with Gasteiger partial charge in [0.1, 0.15) is 0 Å². The molecular formula is C31H65NO. The summed E-state index contributed by atoms with van der Waals surface area (Å²) >= 11 is 0. The fourth-order valence-corrected chi connectivity index (χ4v) is 4.78. The van der Waals surface area contributed by atoms with Gasteiger partial charge in [0, 0.05) is 6.54 Å². The van der Waals surface area contributed by atoms with E-state index in [1.54, 1.807) is 0 Å². The van der Waals surface area contributed by atoms with E-state index in [1.807, 2.05) is 0 Å². The highest BCUT2D eigenvalue weighted by Gasteiger charge is 2.08. The van der Waals surface area contributed by atoms with E-state index in [4.69, 9.17) is 4.84 Å². The molecule has 0 amide bonds. The third-order valence-corrected chi connectivity index (χ3v) is 7.75. The van der Waals surface area contributed by atoms with Crippen molar-refractivity contribution in [3.05, 3.63) is 0 Å². The largest absolute Gasteiger partial charge is 0.302 e. The zero-order valence-corrected chi connectivity index (χ0v) is 24.2. The molecule has 0 rings (SSSR count). The molecule has 2 heteroatoms. The van der Waals surface area contributed by atoms with Crippen molar-refractivity contribution >= 4 is 0 Å². The Morgan fingerprint density at radius 3 is 1.48 bits per heavy atom. The first-order valence-corrected chi connectivity index (χ1v) is 15.2. The van der Waals surface area contributed by atoms with Gasteiger partial charge in [-0.1, -0.05) is 145 Å². The molecule has 33 heavy (non-hydrogen) atoms. The van der Waals surface area contributed by atoms with Crippen LogP contribution in [0.4, 0.5) is 0 Å². The van der Waals surface area contributed by atoms with Crippen molar-refractivity contribution in [3.8, 4) is 0 Å². The van der Waals surface area contributed by atoms with Crippen molar-refractivity contribution in [2.24, 2.45) is 29.6 Å². The lowest BCUT2D eigenvalue weighted by Gasteiger charge is -2.16. The molecule has 1 N–H and O–H groups in total. The molecule has 0 radical (unpaired) electrons. The Balaban J connectivity index is 3.42. The Morgan fingerprint density at radius 1 is 0.485 bits per heavy atom. The molecule has 0 saturated heterocycles. The Hall–Kier alpha value is -0.0800. The minimum absolute atomic E-state index is 0.806. The van der Waals surface area contributed by atoms with Crippen molar-refractivity contribution in [1.29, 1.82) is 0 Å². The lowest BCUT2D eigenvalue weighted by atomic mass is 9.91. The summed E-state index contributed by atoms with van der Waals surface area (Å²) < 4.78 is 0. The molecule has 0 aliphatic rings. The van der Waals surface area contributed by atoms with Crippen LogP contribution in [0.5, 0.6) is 0 Å². The monoisotopic (exact) mass is 468 g/mol. The lowest BCUT2D eigenvalue weighted by Crippen LogP contribution is -2.18. The fraction of sp³-hybridized carbons (Fsp3) is 1.00. The third kappa shape index (κ3) is 24.8. The number of hydrogen-bond donors (Lipinski definition) is 1. The highest BCUT2D eigenvalue weighted by Crippen LogP contribution is 2.22. The molecule has 0 aromatic rings. The Morgan fingerprint density at radius 2 is 0.939 bits per heavy atom. The van der Waals surface area contributed by atoms with Gasteiger partial charge in [0.2, 0.25) is 0 Å². The molecule has 0 saturated carbocycles. The van der Waals surface area contributed by atoms with Gasteiger partial charge in [-0.3, -0.25) is 0 Å². The van der Waals surface area contributed by atoms with Gasteiger partial charge in [-0.25, -0.2) is 5.48 Å². The van der Waals surface area contributed by atoms with Gasteiger partial charge in [0.25, 0.3) is 0 Å². The average Bonchev–Trinajstić information content (AvgIpc) is 2.77. The molecule has 0 bridgehead atoms. The number of hydrogen-bond acceptors (Lipinski definition) is 2. The topological polar surface area (TPSA) is 21.3 Å². The zero-order chi connectivity index (χ0) is 24.7. The Labute approximate surface area is 210 Å². The minimum atomic E-state index is 0.806. The normalized spacial score (nSPS) is 15.6. The third-order valence-electron chi connectivity index (χ3n) is 7.75. The van der Waals surface area contributed by atoms with Crippen molar-refractivity contribution in [3.63, 3.8) is 0 Å². The van der Waals surface area contributed by atoms with Gasteiger partial charge in [-0.15, -0.1) is 0 Å². The van der Waals surface area contributed by atoms with E-state index in [-0.39, 0.29) is 0 Å². The predicted molar refractivity (Wildman–Crippen MR) is 150 cm³/mol. The van der Waals surface area contributed by atoms with Crippen molar-refractivity contribution < 1.29 is 4.84 Å². The SMILES string of the molecule is CCC(C)CCCC(C)CCCCC(C)CCCC(C)CCNOCCCCCCC(C)C. The summed E-state index contributed by atoms with van der Waals surface area (Å²) in [7, 11) is 0. The molecule has 4 unspecified atom stereocenters. The second-order valence-corrected chi connectivity index (χ2v) is 12.1. The molecule has 0 aromatic carbocycles. The number of unbranched alkanes of at least 4 members (excludes halogenated alkanes) is 4. The summed E-state index contributed by atoms with van der Waals surface area (Å²) in [6.45, 7) is 18.6. The van der Waals surface area contributed by atoms with Crippen LogP contribution in [-0.2, 0) is 4.84 Å². The maximum atomic E-state index is 5.61. The zero-order valence-electron chi connectivity index (χ0n) is 24.2. The van der Waals surface area contributed by atoms with Crippen LogP contribution in [0.2, 0.25) is 0 Å². The van der Waals surface area contributed by atoms with Gasteiger partial charge in [-0.05, 0) is 42.4 Å². The first-order chi connectivity index (χ1) is 15.8. The molecule has 0 spiro atoms. The van der Waals surface area contributed by atoms with E-state index in [0.29, 0.717) is 0 Å². The molecule has 200 valence electrons. The van der Waals surface area contributed by atoms with Crippen molar-refractivity contribution in [2.75, 3.05) is 13.2 Å². The highest BCUT2D eigenvalue weighted by atomic mass is 16.6. The molecule has 0 heterocycles. The standard InChI is InChI=1S/C31H65NO/c1-8-28(4)20-15-21-29(5)18-12-13-19-30(6)22-16-23-31(7)24-25-32-33-26-14-10-9-11-17-27(2)3/h27-32H,8-26H2,1-7H3. The Kier molecular flexibility index (Phi) is 23.6. The van der Waals surface area contributed by atoms with E-state index >= 15 is 0 Å². The van der Waals surface area contributed by atoms with E-state index in [9.17, 15) is 0 Å². The maximum absolute atomic E-state index is 5.61. The highest BCUT2D eigenvalue weighted by molar-refractivity contribution is 4.61. The fourth-order valence-electron chi connectivity index (χ4n) is 4.78. The second-order valence-electron chi connectivity index (χ2n) is 12.1. The maximum Gasteiger partial charge on any atom is 0.0682 e. The van der Waals surface area contributed by atoms with Crippen molar-refractivity contribution in [2.45, 2.75) is 158 Å². The first-order valence-electron chi connectivity index (χ1n) is 15.2. The lowest BCUT2D eigenvalue weighted by molar-refractivity contribution is 0.0356. The van der Waals surface area contributed by atoms with Crippen LogP contribution < -0.4 is 5.48 Å².